The van der Waals surface area contributed by atoms with Gasteiger partial charge >= 0.3 is 7.12 Å². The number of benzene rings is 1. The molecule has 2 heterocycles. The molecule has 1 fully saturated rings. The van der Waals surface area contributed by atoms with Crippen LogP contribution in [0.1, 0.15) is 52.7 Å². The lowest BCUT2D eigenvalue weighted by Crippen LogP contribution is -2.41. The topological polar surface area (TPSA) is 21.7 Å². The minimum atomic E-state index is -0.276. The van der Waals surface area contributed by atoms with Crippen LogP contribution in [0.2, 0.25) is 0 Å². The van der Waals surface area contributed by atoms with Gasteiger partial charge in [-0.1, -0.05) is 18.2 Å². The molecular formula is C18H28BNO2. The van der Waals surface area contributed by atoms with Crippen LogP contribution in [0.15, 0.2) is 18.2 Å². The molecule has 4 heteroatoms. The second kappa shape index (κ2) is 5.36. The number of hydrogen-bond donors (Lipinski definition) is 0. The quantitative estimate of drug-likeness (QED) is 0.784. The van der Waals surface area contributed by atoms with Gasteiger partial charge in [0.2, 0.25) is 0 Å². The summed E-state index contributed by atoms with van der Waals surface area (Å²) in [5.74, 6) is 0. The molecule has 3 nitrogen and oxygen atoms in total. The summed E-state index contributed by atoms with van der Waals surface area (Å²) in [6.07, 6.45) is 1.11. The first-order valence-corrected chi connectivity index (χ1v) is 8.41. The zero-order valence-electron chi connectivity index (χ0n) is 14.8. The summed E-state index contributed by atoms with van der Waals surface area (Å²) in [7, 11) is -0.251. The van der Waals surface area contributed by atoms with E-state index in [1.165, 1.54) is 11.1 Å². The minimum Gasteiger partial charge on any atom is -0.399 e. The molecule has 0 radical (unpaired) electrons. The van der Waals surface area contributed by atoms with Crippen LogP contribution in [-0.4, -0.2) is 35.8 Å². The number of fused-ring (bicyclic) bond motifs is 1. The van der Waals surface area contributed by atoms with E-state index in [2.05, 4.69) is 64.6 Å². The van der Waals surface area contributed by atoms with Crippen molar-refractivity contribution in [3.63, 3.8) is 0 Å². The molecule has 3 rings (SSSR count). The van der Waals surface area contributed by atoms with Crippen LogP contribution in [0.25, 0.3) is 0 Å². The summed E-state index contributed by atoms with van der Waals surface area (Å²) < 4.78 is 12.3. The summed E-state index contributed by atoms with van der Waals surface area (Å²) in [5, 5.41) is 0. The Hall–Kier alpha value is -0.835. The Labute approximate surface area is 135 Å². The Kier molecular flexibility index (Phi) is 3.91. The van der Waals surface area contributed by atoms with E-state index >= 15 is 0 Å². The fourth-order valence-corrected chi connectivity index (χ4v) is 3.16. The molecule has 0 spiro atoms. The van der Waals surface area contributed by atoms with E-state index in [0.29, 0.717) is 6.04 Å². The van der Waals surface area contributed by atoms with Crippen molar-refractivity contribution < 1.29 is 9.31 Å². The molecule has 0 amide bonds. The Balaban J connectivity index is 1.81. The van der Waals surface area contributed by atoms with Crippen molar-refractivity contribution in [2.45, 2.75) is 71.8 Å². The highest BCUT2D eigenvalue weighted by Crippen LogP contribution is 2.36. The lowest BCUT2D eigenvalue weighted by atomic mass is 9.77. The van der Waals surface area contributed by atoms with Crippen LogP contribution in [0, 0.1) is 0 Å². The zero-order valence-corrected chi connectivity index (χ0v) is 14.8. The van der Waals surface area contributed by atoms with Crippen molar-refractivity contribution in [3.05, 3.63) is 29.3 Å². The second-order valence-electron chi connectivity index (χ2n) is 7.93. The van der Waals surface area contributed by atoms with Gasteiger partial charge in [-0.15, -0.1) is 0 Å². The first-order valence-electron chi connectivity index (χ1n) is 8.41. The summed E-state index contributed by atoms with van der Waals surface area (Å²) >= 11 is 0. The van der Waals surface area contributed by atoms with Crippen molar-refractivity contribution in [3.8, 4) is 0 Å². The van der Waals surface area contributed by atoms with Crippen LogP contribution in [0.3, 0.4) is 0 Å². The summed E-state index contributed by atoms with van der Waals surface area (Å²) in [5.41, 5.74) is 3.49. The number of rotatable bonds is 2. The van der Waals surface area contributed by atoms with E-state index < -0.39 is 0 Å². The predicted octanol–water partition coefficient (Wildman–Crippen LogP) is 2.75. The second-order valence-corrected chi connectivity index (χ2v) is 7.93. The van der Waals surface area contributed by atoms with Crippen LogP contribution in [0.4, 0.5) is 0 Å². The van der Waals surface area contributed by atoms with Gasteiger partial charge in [0.05, 0.1) is 11.2 Å². The molecule has 0 aromatic heterocycles. The average Bonchev–Trinajstić information content (AvgIpc) is 2.66. The molecule has 2 aliphatic heterocycles. The molecule has 0 N–H and O–H groups in total. The molecule has 2 aliphatic rings. The predicted molar refractivity (Wildman–Crippen MR) is 91.4 cm³/mol. The fourth-order valence-electron chi connectivity index (χ4n) is 3.16. The molecule has 22 heavy (non-hydrogen) atoms. The van der Waals surface area contributed by atoms with Gasteiger partial charge < -0.3 is 9.31 Å². The van der Waals surface area contributed by atoms with Gasteiger partial charge in [0.1, 0.15) is 0 Å². The third-order valence-electron chi connectivity index (χ3n) is 5.53. The largest absolute Gasteiger partial charge is 0.494 e. The zero-order chi connectivity index (χ0) is 16.1. The minimum absolute atomic E-state index is 0.251. The van der Waals surface area contributed by atoms with Gasteiger partial charge in [0, 0.05) is 19.1 Å². The molecule has 0 aliphatic carbocycles. The molecule has 0 unspecified atom stereocenters. The molecule has 0 bridgehead atoms. The van der Waals surface area contributed by atoms with Gasteiger partial charge in [-0.05, 0) is 64.6 Å². The Morgan fingerprint density at radius 3 is 2.27 bits per heavy atom. The molecular weight excluding hydrogens is 273 g/mol. The lowest BCUT2D eigenvalue weighted by Gasteiger charge is -2.32. The SMILES string of the molecule is CC(C)N1CCc2cc(B3OC(C)(C)C(C)(C)O3)ccc2C1. The third kappa shape index (κ3) is 2.73. The van der Waals surface area contributed by atoms with E-state index in [1.807, 2.05) is 0 Å². The van der Waals surface area contributed by atoms with Gasteiger partial charge in [0.15, 0.2) is 0 Å². The highest BCUT2D eigenvalue weighted by Gasteiger charge is 2.51. The molecule has 0 atom stereocenters. The van der Waals surface area contributed by atoms with Gasteiger partial charge in [0.25, 0.3) is 0 Å². The molecule has 1 aromatic carbocycles. The van der Waals surface area contributed by atoms with E-state index in [9.17, 15) is 0 Å². The third-order valence-corrected chi connectivity index (χ3v) is 5.53. The highest BCUT2D eigenvalue weighted by atomic mass is 16.7. The Morgan fingerprint density at radius 2 is 1.68 bits per heavy atom. The molecule has 1 aromatic rings. The van der Waals surface area contributed by atoms with Gasteiger partial charge in [-0.2, -0.15) is 0 Å². The smallest absolute Gasteiger partial charge is 0.399 e. The van der Waals surface area contributed by atoms with E-state index in [4.69, 9.17) is 9.31 Å². The molecule has 120 valence electrons. The summed E-state index contributed by atoms with van der Waals surface area (Å²) in [6.45, 7) is 15.1. The van der Waals surface area contributed by atoms with Crippen LogP contribution in [0.5, 0.6) is 0 Å². The number of nitrogens with zero attached hydrogens (tertiary/aromatic N) is 1. The molecule has 0 saturated carbocycles. The van der Waals surface area contributed by atoms with Crippen LogP contribution >= 0.6 is 0 Å². The summed E-state index contributed by atoms with van der Waals surface area (Å²) in [6, 6.07) is 7.32. The normalized spacial score (nSPS) is 23.9. The average molecular weight is 301 g/mol. The maximum atomic E-state index is 6.17. The van der Waals surface area contributed by atoms with Crippen molar-refractivity contribution in [1.82, 2.24) is 4.90 Å². The van der Waals surface area contributed by atoms with Crippen molar-refractivity contribution in [2.75, 3.05) is 6.54 Å². The van der Waals surface area contributed by atoms with E-state index in [-0.39, 0.29) is 18.3 Å². The monoisotopic (exact) mass is 301 g/mol. The first-order chi connectivity index (χ1) is 10.2. The van der Waals surface area contributed by atoms with Crippen molar-refractivity contribution in [2.24, 2.45) is 0 Å². The van der Waals surface area contributed by atoms with Gasteiger partial charge in [-0.25, -0.2) is 0 Å². The first kappa shape index (κ1) is 16.0. The van der Waals surface area contributed by atoms with Crippen LogP contribution in [-0.2, 0) is 22.3 Å². The van der Waals surface area contributed by atoms with E-state index in [0.717, 1.165) is 25.0 Å². The molecule has 1 saturated heterocycles. The highest BCUT2D eigenvalue weighted by molar-refractivity contribution is 6.62. The fraction of sp³-hybridized carbons (Fsp3) is 0.667. The van der Waals surface area contributed by atoms with Crippen molar-refractivity contribution >= 4 is 12.6 Å². The van der Waals surface area contributed by atoms with Gasteiger partial charge in [-0.3, -0.25) is 4.90 Å². The van der Waals surface area contributed by atoms with Crippen molar-refractivity contribution in [1.29, 1.82) is 0 Å². The van der Waals surface area contributed by atoms with E-state index in [1.54, 1.807) is 0 Å². The standard InChI is InChI=1S/C18H28BNO2/c1-13(2)20-10-9-14-11-16(8-7-15(14)12-20)19-21-17(3,4)18(5,6)22-19/h7-8,11,13H,9-10,12H2,1-6H3. The maximum absolute atomic E-state index is 6.17. The number of hydrogen-bond acceptors (Lipinski definition) is 3. The lowest BCUT2D eigenvalue weighted by molar-refractivity contribution is 0.00578. The Morgan fingerprint density at radius 1 is 1.05 bits per heavy atom. The summed E-state index contributed by atoms with van der Waals surface area (Å²) in [4.78, 5) is 2.52. The maximum Gasteiger partial charge on any atom is 0.494 e. The van der Waals surface area contributed by atoms with Crippen LogP contribution < -0.4 is 5.46 Å². The Bertz CT molecular complexity index is 552.